The molecule has 1 aromatic heterocycles. The Bertz CT molecular complexity index is 1320. The van der Waals surface area contributed by atoms with Crippen molar-refractivity contribution in [3.05, 3.63) is 62.9 Å². The number of methoxy groups -OCH3 is 1. The van der Waals surface area contributed by atoms with E-state index in [4.69, 9.17) is 37.4 Å². The number of allylic oxidation sites excluding steroid dienone is 1. The van der Waals surface area contributed by atoms with Crippen molar-refractivity contribution in [2.24, 2.45) is 5.41 Å². The summed E-state index contributed by atoms with van der Waals surface area (Å²) in [5.41, 5.74) is 2.82. The molecule has 0 saturated heterocycles. The summed E-state index contributed by atoms with van der Waals surface area (Å²) in [4.78, 5) is 2.24. The molecule has 2 atom stereocenters. The Balaban J connectivity index is 1.61. The van der Waals surface area contributed by atoms with Crippen molar-refractivity contribution in [3.63, 3.8) is 0 Å². The van der Waals surface area contributed by atoms with Crippen molar-refractivity contribution in [1.29, 1.82) is 0 Å². The minimum atomic E-state index is -0.231. The molecule has 190 valence electrons. The molecule has 0 bridgehead atoms. The van der Waals surface area contributed by atoms with Gasteiger partial charge in [0.15, 0.2) is 17.3 Å². The topological polar surface area (TPSA) is 74.5 Å². The van der Waals surface area contributed by atoms with Gasteiger partial charge in [0.2, 0.25) is 12.5 Å². The van der Waals surface area contributed by atoms with Gasteiger partial charge in [-0.1, -0.05) is 62.2 Å². The van der Waals surface area contributed by atoms with Crippen molar-refractivity contribution < 1.29 is 14.2 Å². The van der Waals surface area contributed by atoms with E-state index in [1.807, 2.05) is 22.9 Å². The van der Waals surface area contributed by atoms with Crippen molar-refractivity contribution in [3.8, 4) is 17.2 Å². The largest absolute Gasteiger partial charge is 0.492 e. The van der Waals surface area contributed by atoms with Gasteiger partial charge >= 0.3 is 0 Å². The summed E-state index contributed by atoms with van der Waals surface area (Å²) in [6, 6.07) is 7.13. The Morgan fingerprint density at radius 3 is 2.72 bits per heavy atom. The fourth-order valence-corrected chi connectivity index (χ4v) is 5.38. The molecule has 0 amide bonds. The number of aromatic nitrogens is 4. The molecule has 0 spiro atoms. The van der Waals surface area contributed by atoms with Gasteiger partial charge in [0.05, 0.1) is 13.2 Å². The van der Waals surface area contributed by atoms with Gasteiger partial charge in [-0.2, -0.15) is 0 Å². The smallest absolute Gasteiger partial charge is 0.231 e. The number of hydrogen-bond acceptors (Lipinski definition) is 7. The molecular formula is C26H29Cl2N5O3. The molecule has 3 heterocycles. The third-order valence-corrected chi connectivity index (χ3v) is 7.29. The average molecular weight is 530 g/mol. The molecule has 0 aliphatic carbocycles. The van der Waals surface area contributed by atoms with Gasteiger partial charge in [-0.05, 0) is 58.6 Å². The van der Waals surface area contributed by atoms with E-state index in [2.05, 4.69) is 60.4 Å². The van der Waals surface area contributed by atoms with Crippen molar-refractivity contribution in [1.82, 2.24) is 25.1 Å². The highest BCUT2D eigenvalue weighted by Crippen LogP contribution is 2.51. The lowest BCUT2D eigenvalue weighted by molar-refractivity contribution is 0.170. The van der Waals surface area contributed by atoms with E-state index in [0.717, 1.165) is 35.5 Å². The summed E-state index contributed by atoms with van der Waals surface area (Å²) >= 11 is 12.5. The number of nitrogens with zero attached hydrogens (tertiary/aromatic N) is 5. The number of rotatable bonds is 5. The second-order valence-electron chi connectivity index (χ2n) is 10.2. The van der Waals surface area contributed by atoms with Crippen LogP contribution in [0.3, 0.4) is 0 Å². The third-order valence-electron chi connectivity index (χ3n) is 6.73. The zero-order valence-corrected chi connectivity index (χ0v) is 22.5. The molecule has 10 heteroatoms. The second-order valence-corrected chi connectivity index (χ2v) is 11.0. The predicted octanol–water partition coefficient (Wildman–Crippen LogP) is 5.60. The van der Waals surface area contributed by atoms with Gasteiger partial charge in [-0.15, -0.1) is 5.10 Å². The summed E-state index contributed by atoms with van der Waals surface area (Å²) in [6.45, 7) is 7.50. The van der Waals surface area contributed by atoms with E-state index >= 15 is 0 Å². The molecule has 2 aliphatic rings. The minimum Gasteiger partial charge on any atom is -0.492 e. The Kier molecular flexibility index (Phi) is 6.61. The van der Waals surface area contributed by atoms with Crippen LogP contribution in [0.25, 0.3) is 6.08 Å². The monoisotopic (exact) mass is 529 g/mol. The second kappa shape index (κ2) is 9.57. The lowest BCUT2D eigenvalue weighted by Crippen LogP contribution is -2.36. The lowest BCUT2D eigenvalue weighted by Gasteiger charge is -2.36. The van der Waals surface area contributed by atoms with Crippen LogP contribution in [0.2, 0.25) is 10.0 Å². The van der Waals surface area contributed by atoms with E-state index < -0.39 is 0 Å². The Morgan fingerprint density at radius 1 is 1.19 bits per heavy atom. The molecule has 2 aliphatic heterocycles. The fraction of sp³-hybridized carbons (Fsp3) is 0.423. The molecule has 5 rings (SSSR count). The van der Waals surface area contributed by atoms with Gasteiger partial charge in [0.1, 0.15) is 6.04 Å². The number of halogens is 2. The third kappa shape index (κ3) is 4.42. The molecule has 8 nitrogen and oxygen atoms in total. The van der Waals surface area contributed by atoms with Crippen molar-refractivity contribution in [2.45, 2.75) is 39.3 Å². The van der Waals surface area contributed by atoms with Gasteiger partial charge in [0, 0.05) is 22.2 Å². The van der Waals surface area contributed by atoms with Crippen LogP contribution >= 0.6 is 23.2 Å². The van der Waals surface area contributed by atoms with E-state index in [1.165, 1.54) is 0 Å². The highest BCUT2D eigenvalue weighted by atomic mass is 35.5. The van der Waals surface area contributed by atoms with Crippen LogP contribution in [0.4, 0.5) is 0 Å². The summed E-state index contributed by atoms with van der Waals surface area (Å²) in [5, 5.41) is 14.3. The van der Waals surface area contributed by atoms with Crippen LogP contribution in [-0.4, -0.2) is 52.6 Å². The number of tetrazole rings is 1. The maximum atomic E-state index is 6.43. The van der Waals surface area contributed by atoms with Crippen LogP contribution in [0, 0.1) is 5.41 Å². The molecule has 0 unspecified atom stereocenters. The number of benzene rings is 2. The highest BCUT2D eigenvalue weighted by Gasteiger charge is 2.39. The Labute approximate surface area is 220 Å². The SMILES string of the molecule is COc1c2c(cc3c1[C@H](c1nnnn1[C@@H](C=Cc1ccc(Cl)cc1Cl)C(C)(C)C)N(C)CC3)OCO2. The first-order valence-corrected chi connectivity index (χ1v) is 12.5. The highest BCUT2D eigenvalue weighted by molar-refractivity contribution is 6.35. The number of ether oxygens (including phenoxy) is 3. The van der Waals surface area contributed by atoms with Crippen LogP contribution in [-0.2, 0) is 6.42 Å². The Hall–Kier alpha value is -2.81. The van der Waals surface area contributed by atoms with Crippen molar-refractivity contribution in [2.75, 3.05) is 27.5 Å². The van der Waals surface area contributed by atoms with Gasteiger partial charge in [0.25, 0.3) is 0 Å². The minimum absolute atomic E-state index is 0.159. The van der Waals surface area contributed by atoms with Crippen LogP contribution in [0.1, 0.15) is 55.4 Å². The summed E-state index contributed by atoms with van der Waals surface area (Å²) in [6.07, 6.45) is 4.95. The molecule has 0 fully saturated rings. The van der Waals surface area contributed by atoms with Crippen molar-refractivity contribution >= 4 is 29.3 Å². The zero-order valence-electron chi connectivity index (χ0n) is 21.0. The van der Waals surface area contributed by atoms with E-state index in [0.29, 0.717) is 27.3 Å². The first-order chi connectivity index (χ1) is 17.2. The summed E-state index contributed by atoms with van der Waals surface area (Å²) in [5.74, 6) is 2.73. The average Bonchev–Trinajstić information content (AvgIpc) is 3.48. The quantitative estimate of drug-likeness (QED) is 0.426. The van der Waals surface area contributed by atoms with Gasteiger partial charge < -0.3 is 14.2 Å². The van der Waals surface area contributed by atoms with Crippen LogP contribution in [0.15, 0.2) is 30.3 Å². The molecule has 3 aromatic rings. The normalized spacial score (nSPS) is 18.5. The van der Waals surface area contributed by atoms with Crippen LogP contribution < -0.4 is 14.2 Å². The lowest BCUT2D eigenvalue weighted by atomic mass is 9.85. The zero-order chi connectivity index (χ0) is 25.6. The van der Waals surface area contributed by atoms with Gasteiger partial charge in [-0.3, -0.25) is 4.90 Å². The number of hydrogen-bond donors (Lipinski definition) is 0. The first-order valence-electron chi connectivity index (χ1n) is 11.8. The number of likely N-dealkylation sites (N-methyl/N-ethyl adjacent to an activating group) is 1. The molecular weight excluding hydrogens is 501 g/mol. The molecule has 2 aromatic carbocycles. The Morgan fingerprint density at radius 2 is 2.00 bits per heavy atom. The molecule has 0 N–H and O–H groups in total. The van der Waals surface area contributed by atoms with E-state index in [-0.39, 0.29) is 24.3 Å². The summed E-state index contributed by atoms with van der Waals surface area (Å²) < 4.78 is 19.2. The summed E-state index contributed by atoms with van der Waals surface area (Å²) in [7, 11) is 3.73. The first kappa shape index (κ1) is 24.9. The maximum absolute atomic E-state index is 6.43. The van der Waals surface area contributed by atoms with Gasteiger partial charge in [-0.25, -0.2) is 4.68 Å². The molecule has 0 radical (unpaired) electrons. The standard InChI is InChI=1S/C26H29Cl2N5O3/c1-26(2,3)20(9-7-15-6-8-17(27)13-18(15)28)33-25(29-30-31-33)22-21-16(10-11-32(22)4)12-19-23(24(21)34-5)36-14-35-19/h6-9,12-13,20,22H,10-11,14H2,1-5H3/t20-,22+/m0/s1. The predicted molar refractivity (Wildman–Crippen MR) is 139 cm³/mol. The van der Waals surface area contributed by atoms with E-state index in [9.17, 15) is 0 Å². The number of fused-ring (bicyclic) bond motifs is 2. The maximum Gasteiger partial charge on any atom is 0.231 e. The molecule has 36 heavy (non-hydrogen) atoms. The van der Waals surface area contributed by atoms with E-state index in [1.54, 1.807) is 13.2 Å². The molecule has 0 saturated carbocycles. The van der Waals surface area contributed by atoms with Crippen LogP contribution in [0.5, 0.6) is 17.2 Å². The fourth-order valence-electron chi connectivity index (χ4n) is 4.91.